The largest absolute Gasteiger partial charge is 0.369 e. The van der Waals surface area contributed by atoms with Crippen LogP contribution in [0.1, 0.15) is 31.7 Å². The molecule has 9 heteroatoms. The van der Waals surface area contributed by atoms with Gasteiger partial charge in [-0.3, -0.25) is 19.3 Å². The molecule has 0 saturated carbocycles. The van der Waals surface area contributed by atoms with E-state index in [0.717, 1.165) is 11.3 Å². The number of carbonyl (C=O) groups is 3. The van der Waals surface area contributed by atoms with E-state index < -0.39 is 5.54 Å². The maximum atomic E-state index is 13.9. The number of carbonyl (C=O) groups excluding carboxylic acids is 3. The summed E-state index contributed by atoms with van der Waals surface area (Å²) in [7, 11) is 0. The molecule has 37 heavy (non-hydrogen) atoms. The minimum Gasteiger partial charge on any atom is -0.369 e. The van der Waals surface area contributed by atoms with Crippen molar-refractivity contribution in [3.8, 4) is 0 Å². The molecule has 0 aliphatic carbocycles. The number of rotatable bonds is 10. The molecular weight excluding hydrogens is 490 g/mol. The van der Waals surface area contributed by atoms with Gasteiger partial charge in [0.15, 0.2) is 0 Å². The monoisotopic (exact) mass is 525 g/mol. The number of halogens is 1. The molecule has 0 radical (unpaired) electrons. The van der Waals surface area contributed by atoms with Crippen LogP contribution in [0.5, 0.6) is 0 Å². The Morgan fingerprint density at radius 1 is 1.05 bits per heavy atom. The average molecular weight is 526 g/mol. The lowest BCUT2D eigenvalue weighted by Crippen LogP contribution is -2.57. The van der Waals surface area contributed by atoms with Crippen molar-refractivity contribution in [1.29, 1.82) is 0 Å². The van der Waals surface area contributed by atoms with E-state index in [9.17, 15) is 14.4 Å². The number of hydrogen-bond acceptors (Lipinski definition) is 5. The summed E-state index contributed by atoms with van der Waals surface area (Å²) in [5.74, 6) is -0.159. The number of likely N-dealkylation sites (tertiary alicyclic amines) is 1. The fourth-order valence-electron chi connectivity index (χ4n) is 5.39. The highest BCUT2D eigenvalue weighted by Gasteiger charge is 2.53. The number of aryl methyl sites for hydroxylation is 1. The summed E-state index contributed by atoms with van der Waals surface area (Å²) >= 11 is 5.96. The molecule has 3 amide bonds. The highest BCUT2D eigenvalue weighted by Crippen LogP contribution is 2.39. The first kappa shape index (κ1) is 26.9. The van der Waals surface area contributed by atoms with E-state index in [1.165, 1.54) is 0 Å². The van der Waals surface area contributed by atoms with E-state index in [-0.39, 0.29) is 24.3 Å². The van der Waals surface area contributed by atoms with Gasteiger partial charge in [0.25, 0.3) is 0 Å². The van der Waals surface area contributed by atoms with Gasteiger partial charge in [-0.15, -0.1) is 0 Å². The molecule has 2 aliphatic heterocycles. The zero-order valence-corrected chi connectivity index (χ0v) is 22.2. The number of nitrogens with zero attached hydrogens (tertiary/aromatic N) is 4. The SMILES string of the molecule is CCN(CCN1CN(c2ccccc2)C2(CCN(C(=O)CCc3ccc(Cl)cc3)CC2)C1=O)CC(N)=O. The average Bonchev–Trinajstić information content (AvgIpc) is 3.17. The van der Waals surface area contributed by atoms with Crippen LogP contribution in [0.3, 0.4) is 0 Å². The predicted octanol–water partition coefficient (Wildman–Crippen LogP) is 2.75. The van der Waals surface area contributed by atoms with Gasteiger partial charge in [0.05, 0.1) is 13.2 Å². The Bertz CT molecular complexity index is 1090. The normalized spacial score (nSPS) is 17.2. The molecule has 198 valence electrons. The van der Waals surface area contributed by atoms with E-state index in [1.807, 2.05) is 76.2 Å². The van der Waals surface area contributed by atoms with Crippen LogP contribution in [0.4, 0.5) is 5.69 Å². The molecule has 2 aromatic carbocycles. The molecule has 4 rings (SSSR count). The molecule has 0 aromatic heterocycles. The molecule has 2 aliphatic rings. The zero-order chi connectivity index (χ0) is 26.4. The van der Waals surface area contributed by atoms with Gasteiger partial charge in [-0.05, 0) is 55.6 Å². The number of primary amides is 1. The summed E-state index contributed by atoms with van der Waals surface area (Å²) in [6.07, 6.45) is 2.27. The van der Waals surface area contributed by atoms with E-state index >= 15 is 0 Å². The number of para-hydroxylation sites is 1. The molecule has 0 bridgehead atoms. The quantitative estimate of drug-likeness (QED) is 0.515. The molecule has 2 fully saturated rings. The smallest absolute Gasteiger partial charge is 0.250 e. The van der Waals surface area contributed by atoms with Gasteiger partial charge in [0.2, 0.25) is 17.7 Å². The Kier molecular flexibility index (Phi) is 8.71. The van der Waals surface area contributed by atoms with Crippen LogP contribution >= 0.6 is 11.6 Å². The molecule has 8 nitrogen and oxygen atoms in total. The van der Waals surface area contributed by atoms with Gasteiger partial charge < -0.3 is 20.4 Å². The zero-order valence-electron chi connectivity index (χ0n) is 21.4. The Hall–Kier alpha value is -3.10. The van der Waals surface area contributed by atoms with E-state index in [4.69, 9.17) is 17.3 Å². The van der Waals surface area contributed by atoms with Gasteiger partial charge in [0.1, 0.15) is 5.54 Å². The Labute approximate surface area is 223 Å². The minimum atomic E-state index is -0.672. The highest BCUT2D eigenvalue weighted by atomic mass is 35.5. The van der Waals surface area contributed by atoms with Crippen molar-refractivity contribution in [2.75, 3.05) is 50.8 Å². The topological polar surface area (TPSA) is 90.2 Å². The van der Waals surface area contributed by atoms with Crippen molar-refractivity contribution in [3.63, 3.8) is 0 Å². The second-order valence-corrected chi connectivity index (χ2v) is 10.3. The van der Waals surface area contributed by atoms with Crippen LogP contribution in [0.15, 0.2) is 54.6 Å². The summed E-state index contributed by atoms with van der Waals surface area (Å²) in [5.41, 5.74) is 6.80. The molecule has 2 aromatic rings. The van der Waals surface area contributed by atoms with Crippen molar-refractivity contribution in [2.24, 2.45) is 5.73 Å². The lowest BCUT2D eigenvalue weighted by atomic mass is 9.85. The van der Waals surface area contributed by atoms with Crippen molar-refractivity contribution in [1.82, 2.24) is 14.7 Å². The molecule has 2 saturated heterocycles. The predicted molar refractivity (Wildman–Crippen MR) is 145 cm³/mol. The number of benzene rings is 2. The van der Waals surface area contributed by atoms with Crippen LogP contribution in [0.25, 0.3) is 0 Å². The number of hydrogen-bond donors (Lipinski definition) is 1. The number of amides is 3. The Balaban J connectivity index is 1.43. The third-order valence-electron chi connectivity index (χ3n) is 7.58. The first-order chi connectivity index (χ1) is 17.8. The third-order valence-corrected chi connectivity index (χ3v) is 7.83. The number of likely N-dealkylation sites (N-methyl/N-ethyl adjacent to an activating group) is 1. The molecule has 0 atom stereocenters. The summed E-state index contributed by atoms with van der Waals surface area (Å²) in [6.45, 7) is 5.53. The highest BCUT2D eigenvalue weighted by molar-refractivity contribution is 6.30. The van der Waals surface area contributed by atoms with E-state index in [2.05, 4.69) is 4.90 Å². The lowest BCUT2D eigenvalue weighted by molar-refractivity contribution is -0.138. The fourth-order valence-corrected chi connectivity index (χ4v) is 5.52. The maximum Gasteiger partial charge on any atom is 0.250 e. The summed E-state index contributed by atoms with van der Waals surface area (Å²) in [5, 5.41) is 0.685. The number of nitrogens with two attached hydrogens (primary N) is 1. The first-order valence-electron chi connectivity index (χ1n) is 13.0. The van der Waals surface area contributed by atoms with Crippen molar-refractivity contribution in [2.45, 2.75) is 38.1 Å². The second-order valence-electron chi connectivity index (χ2n) is 9.85. The molecule has 2 N–H and O–H groups in total. The molecule has 0 unspecified atom stereocenters. The second kappa shape index (κ2) is 12.0. The number of anilines is 1. The van der Waals surface area contributed by atoms with Gasteiger partial charge >= 0.3 is 0 Å². The van der Waals surface area contributed by atoms with Crippen LogP contribution in [0, 0.1) is 0 Å². The van der Waals surface area contributed by atoms with Gasteiger partial charge in [-0.25, -0.2) is 0 Å². The number of piperidine rings is 1. The van der Waals surface area contributed by atoms with Crippen LogP contribution in [-0.4, -0.2) is 83.9 Å². The fraction of sp³-hybridized carbons (Fsp3) is 0.464. The first-order valence-corrected chi connectivity index (χ1v) is 13.3. The maximum absolute atomic E-state index is 13.9. The van der Waals surface area contributed by atoms with E-state index in [0.29, 0.717) is 70.1 Å². The summed E-state index contributed by atoms with van der Waals surface area (Å²) in [4.78, 5) is 46.2. The standard InChI is InChI=1S/C28H36ClN5O3/c1-2-31(20-25(30)35)18-19-33-21-34(24-6-4-3-5-7-24)28(27(33)37)14-16-32(17-15-28)26(36)13-10-22-8-11-23(29)12-9-22/h3-9,11-12H,2,10,13-21H2,1H3,(H2,30,35). The Morgan fingerprint density at radius 3 is 2.35 bits per heavy atom. The Morgan fingerprint density at radius 2 is 1.73 bits per heavy atom. The molecule has 2 heterocycles. The van der Waals surface area contributed by atoms with E-state index in [1.54, 1.807) is 0 Å². The molecule has 1 spiro atoms. The third kappa shape index (κ3) is 6.25. The van der Waals surface area contributed by atoms with Gasteiger partial charge in [-0.1, -0.05) is 48.9 Å². The van der Waals surface area contributed by atoms with Gasteiger partial charge in [0, 0.05) is 43.3 Å². The van der Waals surface area contributed by atoms with Crippen LogP contribution < -0.4 is 10.6 Å². The van der Waals surface area contributed by atoms with Crippen molar-refractivity contribution >= 4 is 35.0 Å². The van der Waals surface area contributed by atoms with Crippen LogP contribution in [0.2, 0.25) is 5.02 Å². The van der Waals surface area contributed by atoms with Crippen molar-refractivity contribution in [3.05, 3.63) is 65.2 Å². The summed E-state index contributed by atoms with van der Waals surface area (Å²) in [6, 6.07) is 17.6. The minimum absolute atomic E-state index is 0.0970. The summed E-state index contributed by atoms with van der Waals surface area (Å²) < 4.78 is 0. The lowest BCUT2D eigenvalue weighted by Gasteiger charge is -2.43. The van der Waals surface area contributed by atoms with Crippen LogP contribution in [-0.2, 0) is 20.8 Å². The molecular formula is C28H36ClN5O3. The van der Waals surface area contributed by atoms with Crippen molar-refractivity contribution < 1.29 is 14.4 Å². The van der Waals surface area contributed by atoms with Gasteiger partial charge in [-0.2, -0.15) is 0 Å².